The fraction of sp³-hybridized carbons (Fsp3) is 0.167. The van der Waals surface area contributed by atoms with Crippen LogP contribution in [0.5, 0.6) is 0 Å². The van der Waals surface area contributed by atoms with Crippen molar-refractivity contribution in [1.82, 2.24) is 9.47 Å². The molecular formula is C24H20ClFN2O2. The van der Waals surface area contributed by atoms with E-state index in [0.717, 1.165) is 16.7 Å². The zero-order valence-corrected chi connectivity index (χ0v) is 17.0. The van der Waals surface area contributed by atoms with Gasteiger partial charge < -0.3 is 9.47 Å². The van der Waals surface area contributed by atoms with E-state index in [1.165, 1.54) is 22.8 Å². The van der Waals surface area contributed by atoms with Crippen molar-refractivity contribution in [2.75, 3.05) is 13.1 Å². The van der Waals surface area contributed by atoms with Crippen molar-refractivity contribution in [3.05, 3.63) is 111 Å². The fourth-order valence-corrected chi connectivity index (χ4v) is 3.75. The molecule has 0 unspecified atom stereocenters. The molecule has 0 saturated heterocycles. The zero-order chi connectivity index (χ0) is 21.1. The van der Waals surface area contributed by atoms with Crippen LogP contribution in [0, 0.1) is 5.82 Å². The van der Waals surface area contributed by atoms with Gasteiger partial charge in [0.1, 0.15) is 5.82 Å². The summed E-state index contributed by atoms with van der Waals surface area (Å²) in [7, 11) is 0. The largest absolute Gasteiger partial charge is 0.335 e. The van der Waals surface area contributed by atoms with Gasteiger partial charge in [-0.25, -0.2) is 4.39 Å². The lowest BCUT2D eigenvalue weighted by atomic mass is 9.99. The second kappa shape index (κ2) is 8.67. The van der Waals surface area contributed by atoms with Gasteiger partial charge in [-0.2, -0.15) is 0 Å². The number of carbonyl (C=O) groups excluding carboxylic acids is 1. The number of hydrogen-bond donors (Lipinski definition) is 0. The monoisotopic (exact) mass is 422 g/mol. The first kappa shape index (κ1) is 20.1. The number of pyridine rings is 1. The summed E-state index contributed by atoms with van der Waals surface area (Å²) >= 11 is 6.21. The van der Waals surface area contributed by atoms with E-state index in [4.69, 9.17) is 11.6 Å². The maximum Gasteiger partial charge on any atom is 0.255 e. The van der Waals surface area contributed by atoms with Gasteiger partial charge in [0.05, 0.1) is 12.1 Å². The first-order valence-corrected chi connectivity index (χ1v) is 10.1. The molecule has 1 aliphatic heterocycles. The summed E-state index contributed by atoms with van der Waals surface area (Å²) in [4.78, 5) is 27.0. The van der Waals surface area contributed by atoms with Crippen LogP contribution in [-0.2, 0) is 6.54 Å². The van der Waals surface area contributed by atoms with E-state index in [-0.39, 0.29) is 17.3 Å². The summed E-state index contributed by atoms with van der Waals surface area (Å²) in [5.74, 6) is -0.392. The predicted octanol–water partition coefficient (Wildman–Crippen LogP) is 4.62. The Bertz CT molecular complexity index is 1170. The summed E-state index contributed by atoms with van der Waals surface area (Å²) in [6.07, 6.45) is 4.28. The van der Waals surface area contributed by atoms with Crippen LogP contribution >= 0.6 is 11.6 Å². The van der Waals surface area contributed by atoms with E-state index in [1.54, 1.807) is 35.4 Å². The van der Waals surface area contributed by atoms with Crippen molar-refractivity contribution in [3.63, 3.8) is 0 Å². The maximum atomic E-state index is 13.1. The minimum atomic E-state index is -0.265. The van der Waals surface area contributed by atoms with Crippen LogP contribution in [0.2, 0.25) is 5.02 Å². The van der Waals surface area contributed by atoms with Gasteiger partial charge in [-0.15, -0.1) is 0 Å². The van der Waals surface area contributed by atoms with Crippen molar-refractivity contribution >= 4 is 23.1 Å². The van der Waals surface area contributed by atoms with Crippen LogP contribution in [0.3, 0.4) is 0 Å². The molecule has 3 aromatic rings. The molecule has 4 nitrogen and oxygen atoms in total. The summed E-state index contributed by atoms with van der Waals surface area (Å²) in [6.45, 7) is 1.33. The van der Waals surface area contributed by atoms with Gasteiger partial charge in [-0.05, 0) is 47.4 Å². The molecule has 2 heterocycles. The number of carbonyl (C=O) groups is 1. The number of amides is 1. The Balaban J connectivity index is 1.51. The Hall–Kier alpha value is -3.18. The molecule has 1 aromatic heterocycles. The van der Waals surface area contributed by atoms with Crippen LogP contribution in [-0.4, -0.2) is 28.5 Å². The highest BCUT2D eigenvalue weighted by Gasteiger charge is 2.20. The lowest BCUT2D eigenvalue weighted by Gasteiger charge is -2.27. The Labute approximate surface area is 178 Å². The molecular weight excluding hydrogens is 403 g/mol. The molecule has 4 rings (SSSR count). The smallest absolute Gasteiger partial charge is 0.255 e. The van der Waals surface area contributed by atoms with Crippen molar-refractivity contribution in [1.29, 1.82) is 0 Å². The molecule has 152 valence electrons. The first-order valence-electron chi connectivity index (χ1n) is 9.69. The van der Waals surface area contributed by atoms with Crippen LogP contribution in [0.25, 0.3) is 5.57 Å². The van der Waals surface area contributed by atoms with Crippen LogP contribution in [0.4, 0.5) is 4.39 Å². The number of aromatic nitrogens is 1. The average molecular weight is 423 g/mol. The van der Waals surface area contributed by atoms with Crippen molar-refractivity contribution in [3.8, 4) is 0 Å². The Morgan fingerprint density at radius 3 is 2.50 bits per heavy atom. The maximum absolute atomic E-state index is 13.1. The van der Waals surface area contributed by atoms with Crippen molar-refractivity contribution in [2.45, 2.75) is 13.0 Å². The minimum absolute atomic E-state index is 0.127. The third kappa shape index (κ3) is 4.36. The Kier molecular flexibility index (Phi) is 5.81. The van der Waals surface area contributed by atoms with E-state index in [0.29, 0.717) is 36.6 Å². The zero-order valence-electron chi connectivity index (χ0n) is 16.2. The van der Waals surface area contributed by atoms with E-state index in [1.807, 2.05) is 24.3 Å². The second-order valence-corrected chi connectivity index (χ2v) is 7.62. The van der Waals surface area contributed by atoms with E-state index in [9.17, 15) is 14.0 Å². The van der Waals surface area contributed by atoms with Gasteiger partial charge in [0, 0.05) is 30.4 Å². The van der Waals surface area contributed by atoms with E-state index in [2.05, 4.69) is 0 Å². The van der Waals surface area contributed by atoms with Gasteiger partial charge in [0.25, 0.3) is 11.5 Å². The minimum Gasteiger partial charge on any atom is -0.335 e. The van der Waals surface area contributed by atoms with Gasteiger partial charge in [0.15, 0.2) is 0 Å². The van der Waals surface area contributed by atoms with Crippen LogP contribution < -0.4 is 5.56 Å². The highest BCUT2D eigenvalue weighted by atomic mass is 35.5. The molecule has 1 aliphatic rings. The third-order valence-electron chi connectivity index (χ3n) is 5.24. The van der Waals surface area contributed by atoms with Gasteiger partial charge in [-0.1, -0.05) is 48.0 Å². The molecule has 0 spiro atoms. The van der Waals surface area contributed by atoms with Crippen LogP contribution in [0.15, 0.2) is 77.7 Å². The molecule has 0 saturated carbocycles. The molecule has 1 amide bonds. The van der Waals surface area contributed by atoms with Crippen LogP contribution in [0.1, 0.15) is 27.9 Å². The summed E-state index contributed by atoms with van der Waals surface area (Å²) in [5, 5.41) is 0.579. The highest BCUT2D eigenvalue weighted by molar-refractivity contribution is 6.31. The highest BCUT2D eigenvalue weighted by Crippen LogP contribution is 2.23. The number of rotatable bonds is 4. The average Bonchev–Trinajstić information content (AvgIpc) is 2.77. The van der Waals surface area contributed by atoms with Gasteiger partial charge in [0.2, 0.25) is 0 Å². The topological polar surface area (TPSA) is 42.3 Å². The standard InChI is InChI=1S/C24H20ClFN2O2/c25-22-4-2-1-3-19(22)15-28-16-20(7-10-23(28)29)24(30)27-13-11-18(12-14-27)17-5-8-21(26)9-6-17/h1-11,16H,12-15H2. The number of nitrogens with zero attached hydrogens (tertiary/aromatic N) is 2. The van der Waals surface area contributed by atoms with E-state index >= 15 is 0 Å². The molecule has 0 N–H and O–H groups in total. The van der Waals surface area contributed by atoms with Crippen molar-refractivity contribution < 1.29 is 9.18 Å². The SMILES string of the molecule is O=C(c1ccc(=O)n(Cc2ccccc2Cl)c1)N1CC=C(c2ccc(F)cc2)CC1. The molecule has 0 bridgehead atoms. The fourth-order valence-electron chi connectivity index (χ4n) is 3.55. The number of halogens is 2. The van der Waals surface area contributed by atoms with Crippen molar-refractivity contribution in [2.24, 2.45) is 0 Å². The second-order valence-electron chi connectivity index (χ2n) is 7.21. The molecule has 2 aromatic carbocycles. The lowest BCUT2D eigenvalue weighted by molar-refractivity contribution is 0.0772. The molecule has 0 fully saturated rings. The number of hydrogen-bond acceptors (Lipinski definition) is 2. The first-order chi connectivity index (χ1) is 14.5. The predicted molar refractivity (Wildman–Crippen MR) is 116 cm³/mol. The normalized spacial score (nSPS) is 13.8. The summed E-state index contributed by atoms with van der Waals surface area (Å²) in [5.41, 5.74) is 3.15. The third-order valence-corrected chi connectivity index (χ3v) is 5.61. The van der Waals surface area contributed by atoms with Gasteiger partial charge >= 0.3 is 0 Å². The Morgan fingerprint density at radius 1 is 1.03 bits per heavy atom. The molecule has 6 heteroatoms. The molecule has 0 radical (unpaired) electrons. The Morgan fingerprint density at radius 2 is 1.80 bits per heavy atom. The molecule has 0 aliphatic carbocycles. The summed E-state index contributed by atoms with van der Waals surface area (Å²) in [6, 6.07) is 16.7. The quantitative estimate of drug-likeness (QED) is 0.615. The summed E-state index contributed by atoms with van der Waals surface area (Å²) < 4.78 is 14.6. The van der Waals surface area contributed by atoms with Gasteiger partial charge in [-0.3, -0.25) is 9.59 Å². The lowest BCUT2D eigenvalue weighted by Crippen LogP contribution is -2.35. The number of benzene rings is 2. The molecule has 30 heavy (non-hydrogen) atoms. The van der Waals surface area contributed by atoms with E-state index < -0.39 is 0 Å². The molecule has 0 atom stereocenters.